The first-order valence-corrected chi connectivity index (χ1v) is 6.38. The van der Waals surface area contributed by atoms with Gasteiger partial charge in [-0.3, -0.25) is 0 Å². The van der Waals surface area contributed by atoms with E-state index in [1.807, 2.05) is 24.3 Å². The minimum Gasteiger partial charge on any atom is -0.390 e. The minimum absolute atomic E-state index is 0.369. The minimum atomic E-state index is -1.29. The zero-order valence-electron chi connectivity index (χ0n) is 10.2. The van der Waals surface area contributed by atoms with Gasteiger partial charge in [0.1, 0.15) is 12.2 Å². The number of aliphatic hydroxyl groups is 4. The predicted molar refractivity (Wildman–Crippen MR) is 67.1 cm³/mol. The maximum atomic E-state index is 9.79. The second-order valence-corrected chi connectivity index (χ2v) is 5.01. The zero-order chi connectivity index (χ0) is 13.1. The van der Waals surface area contributed by atoms with E-state index in [0.29, 0.717) is 25.7 Å². The fourth-order valence-corrected chi connectivity index (χ4v) is 2.37. The summed E-state index contributed by atoms with van der Waals surface area (Å²) in [5.41, 5.74) is 2.20. The first-order chi connectivity index (χ1) is 8.58. The summed E-state index contributed by atoms with van der Waals surface area (Å²) in [6.45, 7) is 0. The van der Waals surface area contributed by atoms with Crippen molar-refractivity contribution >= 4 is 0 Å². The average molecular weight is 252 g/mol. The molecule has 18 heavy (non-hydrogen) atoms. The fourth-order valence-electron chi connectivity index (χ4n) is 2.37. The van der Waals surface area contributed by atoms with Gasteiger partial charge in [-0.25, -0.2) is 0 Å². The van der Waals surface area contributed by atoms with Crippen molar-refractivity contribution in [1.82, 2.24) is 0 Å². The van der Waals surface area contributed by atoms with E-state index in [9.17, 15) is 20.4 Å². The van der Waals surface area contributed by atoms with Crippen LogP contribution in [0, 0.1) is 0 Å². The van der Waals surface area contributed by atoms with Crippen LogP contribution in [0.3, 0.4) is 0 Å². The molecular formula is C14H20O4. The molecule has 1 aromatic rings. The van der Waals surface area contributed by atoms with Crippen molar-refractivity contribution in [2.24, 2.45) is 0 Å². The molecule has 0 spiro atoms. The lowest BCUT2D eigenvalue weighted by molar-refractivity contribution is -0.107. The van der Waals surface area contributed by atoms with Crippen LogP contribution >= 0.6 is 0 Å². The first kappa shape index (κ1) is 13.5. The topological polar surface area (TPSA) is 80.9 Å². The molecule has 0 saturated heterocycles. The van der Waals surface area contributed by atoms with Crippen molar-refractivity contribution in [2.45, 2.75) is 50.1 Å². The normalized spacial score (nSPS) is 33.8. The van der Waals surface area contributed by atoms with Gasteiger partial charge in [0.2, 0.25) is 0 Å². The van der Waals surface area contributed by atoms with E-state index in [2.05, 4.69) is 0 Å². The van der Waals surface area contributed by atoms with E-state index in [1.165, 1.54) is 0 Å². The predicted octanol–water partition coefficient (Wildman–Crippen LogP) is 0.00900. The Balaban J connectivity index is 2.20. The number of hydrogen-bond acceptors (Lipinski definition) is 4. The smallest absolute Gasteiger partial charge is 0.108 e. The zero-order valence-corrected chi connectivity index (χ0v) is 10.2. The lowest BCUT2D eigenvalue weighted by Crippen LogP contribution is -2.44. The van der Waals surface area contributed by atoms with Crippen molar-refractivity contribution < 1.29 is 20.4 Å². The molecule has 1 aliphatic rings. The Labute approximate surface area is 107 Å². The molecule has 100 valence electrons. The maximum absolute atomic E-state index is 9.79. The van der Waals surface area contributed by atoms with Gasteiger partial charge in [0.15, 0.2) is 0 Å². The molecule has 0 saturated carbocycles. The van der Waals surface area contributed by atoms with Crippen LogP contribution in [-0.4, -0.2) is 44.8 Å². The summed E-state index contributed by atoms with van der Waals surface area (Å²) in [5.74, 6) is 0. The second-order valence-electron chi connectivity index (χ2n) is 5.01. The Hall–Kier alpha value is -0.940. The summed E-state index contributed by atoms with van der Waals surface area (Å²) in [6.07, 6.45) is -2.59. The molecular weight excluding hydrogens is 232 g/mol. The van der Waals surface area contributed by atoms with Crippen LogP contribution in [0.15, 0.2) is 24.3 Å². The van der Waals surface area contributed by atoms with Crippen molar-refractivity contribution in [2.75, 3.05) is 0 Å². The highest BCUT2D eigenvalue weighted by molar-refractivity contribution is 5.24. The number of aryl methyl sites for hydroxylation is 2. The Morgan fingerprint density at radius 2 is 1.22 bits per heavy atom. The largest absolute Gasteiger partial charge is 0.390 e. The van der Waals surface area contributed by atoms with Gasteiger partial charge in [-0.2, -0.15) is 0 Å². The highest BCUT2D eigenvalue weighted by atomic mass is 16.4. The van der Waals surface area contributed by atoms with Gasteiger partial charge in [0, 0.05) is 0 Å². The molecule has 2 rings (SSSR count). The molecule has 0 amide bonds. The quantitative estimate of drug-likeness (QED) is 0.524. The van der Waals surface area contributed by atoms with Crippen LogP contribution in [0.2, 0.25) is 0 Å². The van der Waals surface area contributed by atoms with Gasteiger partial charge in [-0.15, -0.1) is 0 Å². The van der Waals surface area contributed by atoms with Crippen molar-refractivity contribution in [3.63, 3.8) is 0 Å². The molecule has 4 heteroatoms. The van der Waals surface area contributed by atoms with Crippen LogP contribution in [-0.2, 0) is 12.8 Å². The molecule has 0 aliphatic heterocycles. The molecule has 1 aromatic carbocycles. The van der Waals surface area contributed by atoms with Crippen LogP contribution < -0.4 is 0 Å². The van der Waals surface area contributed by atoms with Crippen LogP contribution in [0.25, 0.3) is 0 Å². The van der Waals surface area contributed by atoms with E-state index >= 15 is 0 Å². The van der Waals surface area contributed by atoms with Gasteiger partial charge in [0.05, 0.1) is 12.2 Å². The van der Waals surface area contributed by atoms with Crippen molar-refractivity contribution in [3.8, 4) is 0 Å². The SMILES string of the molecule is OC1CCc2cccc(c2)CCC(O)C(O)C1O. The molecule has 0 heterocycles. The van der Waals surface area contributed by atoms with E-state index in [-0.39, 0.29) is 0 Å². The van der Waals surface area contributed by atoms with E-state index in [1.54, 1.807) is 0 Å². The molecule has 1 aliphatic carbocycles. The summed E-state index contributed by atoms with van der Waals surface area (Å²) < 4.78 is 0. The van der Waals surface area contributed by atoms with Crippen molar-refractivity contribution in [3.05, 3.63) is 35.4 Å². The molecule has 0 aromatic heterocycles. The van der Waals surface area contributed by atoms with Gasteiger partial charge >= 0.3 is 0 Å². The van der Waals surface area contributed by atoms with E-state index in [4.69, 9.17) is 0 Å². The third-order valence-corrected chi connectivity index (χ3v) is 3.59. The van der Waals surface area contributed by atoms with E-state index in [0.717, 1.165) is 11.1 Å². The summed E-state index contributed by atoms with van der Waals surface area (Å²) in [5, 5.41) is 39.1. The molecule has 4 N–H and O–H groups in total. The summed E-state index contributed by atoms with van der Waals surface area (Å²) in [6, 6.07) is 7.96. The number of hydrogen-bond donors (Lipinski definition) is 4. The maximum Gasteiger partial charge on any atom is 0.108 e. The van der Waals surface area contributed by atoms with Gasteiger partial charge in [0.25, 0.3) is 0 Å². The monoisotopic (exact) mass is 252 g/mol. The highest BCUT2D eigenvalue weighted by Gasteiger charge is 2.30. The number of rotatable bonds is 0. The fraction of sp³-hybridized carbons (Fsp3) is 0.571. The number of benzene rings is 1. The Bertz CT molecular complexity index is 360. The van der Waals surface area contributed by atoms with Crippen molar-refractivity contribution in [1.29, 1.82) is 0 Å². The van der Waals surface area contributed by atoms with Crippen LogP contribution in [0.5, 0.6) is 0 Å². The first-order valence-electron chi connectivity index (χ1n) is 6.38. The summed E-state index contributed by atoms with van der Waals surface area (Å²) in [7, 11) is 0. The van der Waals surface area contributed by atoms with Gasteiger partial charge in [-0.1, -0.05) is 24.3 Å². The lowest BCUT2D eigenvalue weighted by Gasteiger charge is -2.26. The Morgan fingerprint density at radius 3 is 1.67 bits per heavy atom. The highest BCUT2D eigenvalue weighted by Crippen LogP contribution is 2.18. The summed E-state index contributed by atoms with van der Waals surface area (Å²) in [4.78, 5) is 0. The van der Waals surface area contributed by atoms with Gasteiger partial charge in [-0.05, 0) is 36.8 Å². The molecule has 4 atom stereocenters. The molecule has 2 bridgehead atoms. The molecule has 4 nitrogen and oxygen atoms in total. The Kier molecular flexibility index (Phi) is 4.35. The lowest BCUT2D eigenvalue weighted by atomic mass is 9.97. The summed E-state index contributed by atoms with van der Waals surface area (Å²) >= 11 is 0. The second kappa shape index (κ2) is 5.80. The molecule has 0 fully saturated rings. The van der Waals surface area contributed by atoms with Crippen LogP contribution in [0.1, 0.15) is 24.0 Å². The van der Waals surface area contributed by atoms with E-state index < -0.39 is 24.4 Å². The number of aliphatic hydroxyl groups excluding tert-OH is 4. The average Bonchev–Trinajstić information content (AvgIpc) is 2.40. The van der Waals surface area contributed by atoms with Crippen LogP contribution in [0.4, 0.5) is 0 Å². The molecule has 0 radical (unpaired) electrons. The third kappa shape index (κ3) is 3.09. The molecule has 4 unspecified atom stereocenters. The Morgan fingerprint density at radius 1 is 0.778 bits per heavy atom. The number of fused-ring (bicyclic) bond motifs is 2. The van der Waals surface area contributed by atoms with Gasteiger partial charge < -0.3 is 20.4 Å². The third-order valence-electron chi connectivity index (χ3n) is 3.59. The standard InChI is InChI=1S/C14H20O4/c15-11-6-4-9-2-1-3-10(8-9)5-7-12(16)14(18)13(11)17/h1-3,8,11-18H,4-7H2.